The van der Waals surface area contributed by atoms with Gasteiger partial charge >= 0.3 is 0 Å². The molecule has 1 unspecified atom stereocenters. The minimum atomic E-state index is -2.97. The molecule has 0 saturated carbocycles. The van der Waals surface area contributed by atoms with Gasteiger partial charge in [-0.05, 0) is 12.1 Å². The van der Waals surface area contributed by atoms with E-state index in [0.717, 1.165) is 5.56 Å². The van der Waals surface area contributed by atoms with E-state index in [9.17, 15) is 13.2 Å². The Labute approximate surface area is 132 Å². The number of hydrogen-bond donors (Lipinski definition) is 1. The highest BCUT2D eigenvalue weighted by molar-refractivity contribution is 7.91. The summed E-state index contributed by atoms with van der Waals surface area (Å²) in [4.78, 5) is 14.2. The second kappa shape index (κ2) is 7.77. The van der Waals surface area contributed by atoms with Crippen molar-refractivity contribution in [1.29, 1.82) is 0 Å². The Kier molecular flexibility index (Phi) is 6.64. The van der Waals surface area contributed by atoms with E-state index in [0.29, 0.717) is 6.54 Å². The summed E-state index contributed by atoms with van der Waals surface area (Å²) in [5, 5.41) is 3.18. The Morgan fingerprint density at radius 2 is 1.81 bits per heavy atom. The van der Waals surface area contributed by atoms with E-state index >= 15 is 0 Å². The van der Waals surface area contributed by atoms with E-state index in [4.69, 9.17) is 0 Å². The Hall–Kier alpha value is -1.11. The first-order valence-electron chi connectivity index (χ1n) is 6.81. The van der Waals surface area contributed by atoms with Crippen LogP contribution in [0.25, 0.3) is 0 Å². The fourth-order valence-corrected chi connectivity index (χ4v) is 3.51. The van der Waals surface area contributed by atoms with E-state index in [1.165, 1.54) is 0 Å². The second-order valence-corrected chi connectivity index (χ2v) is 7.18. The topological polar surface area (TPSA) is 66.5 Å². The van der Waals surface area contributed by atoms with Crippen LogP contribution in [0.3, 0.4) is 0 Å². The number of carbonyl (C=O) groups is 1. The lowest BCUT2D eigenvalue weighted by atomic mass is 10.1. The summed E-state index contributed by atoms with van der Waals surface area (Å²) in [6.07, 6.45) is 0. The summed E-state index contributed by atoms with van der Waals surface area (Å²) < 4.78 is 22.9. The summed E-state index contributed by atoms with van der Waals surface area (Å²) in [6, 6.07) is 9.12. The maximum Gasteiger partial charge on any atom is 0.244 e. The maximum atomic E-state index is 12.6. The molecule has 1 aromatic rings. The van der Waals surface area contributed by atoms with E-state index in [1.54, 1.807) is 4.90 Å². The summed E-state index contributed by atoms with van der Waals surface area (Å²) in [5.41, 5.74) is 0.910. The van der Waals surface area contributed by atoms with Gasteiger partial charge in [0.2, 0.25) is 5.91 Å². The van der Waals surface area contributed by atoms with Crippen LogP contribution in [0.15, 0.2) is 30.3 Å². The number of nitrogens with one attached hydrogen (secondary N) is 1. The molecule has 1 heterocycles. The molecule has 0 bridgehead atoms. The molecule has 1 aliphatic heterocycles. The van der Waals surface area contributed by atoms with Crippen LogP contribution in [-0.2, 0) is 14.6 Å². The third-order valence-corrected chi connectivity index (χ3v) is 5.05. The number of rotatable bonds is 4. The molecule has 1 amide bonds. The summed E-state index contributed by atoms with van der Waals surface area (Å²) >= 11 is 0. The largest absolute Gasteiger partial charge is 0.339 e. The summed E-state index contributed by atoms with van der Waals surface area (Å²) in [5.74, 6) is 0.0756. The van der Waals surface area contributed by atoms with E-state index in [1.807, 2.05) is 37.3 Å². The van der Waals surface area contributed by atoms with Gasteiger partial charge in [0, 0.05) is 13.1 Å². The molecule has 0 spiro atoms. The van der Waals surface area contributed by atoms with Gasteiger partial charge in [0.15, 0.2) is 9.84 Å². The molecule has 0 radical (unpaired) electrons. The molecule has 0 aromatic heterocycles. The number of likely N-dealkylation sites (N-methyl/N-ethyl adjacent to an activating group) is 1. The van der Waals surface area contributed by atoms with Gasteiger partial charge in [0.1, 0.15) is 6.04 Å². The van der Waals surface area contributed by atoms with Crippen LogP contribution in [0.2, 0.25) is 0 Å². The Morgan fingerprint density at radius 3 is 2.33 bits per heavy atom. The lowest BCUT2D eigenvalue weighted by Gasteiger charge is -2.30. The first-order valence-corrected chi connectivity index (χ1v) is 8.63. The van der Waals surface area contributed by atoms with E-state index in [2.05, 4.69) is 5.32 Å². The third kappa shape index (κ3) is 4.69. The number of halogens is 1. The number of hydrogen-bond acceptors (Lipinski definition) is 4. The van der Waals surface area contributed by atoms with Crippen LogP contribution in [0, 0.1) is 0 Å². The monoisotopic (exact) mass is 332 g/mol. The number of amides is 1. The molecule has 1 aliphatic rings. The van der Waals surface area contributed by atoms with Gasteiger partial charge in [-0.2, -0.15) is 0 Å². The molecule has 1 aromatic carbocycles. The molecular weight excluding hydrogens is 312 g/mol. The second-order valence-electron chi connectivity index (χ2n) is 4.88. The molecule has 1 N–H and O–H groups in total. The molecule has 2 rings (SSSR count). The number of nitrogens with zero attached hydrogens (tertiary/aromatic N) is 1. The van der Waals surface area contributed by atoms with Crippen molar-refractivity contribution in [2.24, 2.45) is 0 Å². The SMILES string of the molecule is CCNC(C(=O)N1CCS(=O)(=O)CC1)c1ccccc1.Cl. The normalized spacial score (nSPS) is 18.6. The zero-order valence-electron chi connectivity index (χ0n) is 12.0. The highest BCUT2D eigenvalue weighted by Crippen LogP contribution is 2.17. The van der Waals surface area contributed by atoms with Gasteiger partial charge in [-0.3, -0.25) is 4.79 Å². The van der Waals surface area contributed by atoms with Crippen LogP contribution in [0.1, 0.15) is 18.5 Å². The van der Waals surface area contributed by atoms with E-state index < -0.39 is 15.9 Å². The smallest absolute Gasteiger partial charge is 0.244 e. The number of carbonyl (C=O) groups excluding carboxylic acids is 1. The molecule has 118 valence electrons. The van der Waals surface area contributed by atoms with Crippen molar-refractivity contribution < 1.29 is 13.2 Å². The van der Waals surface area contributed by atoms with E-state index in [-0.39, 0.29) is 42.9 Å². The van der Waals surface area contributed by atoms with Gasteiger partial charge in [-0.1, -0.05) is 37.3 Å². The van der Waals surface area contributed by atoms with Crippen LogP contribution in [-0.4, -0.2) is 50.4 Å². The first kappa shape index (κ1) is 17.9. The van der Waals surface area contributed by atoms with Crippen LogP contribution < -0.4 is 5.32 Å². The quantitative estimate of drug-likeness (QED) is 0.894. The van der Waals surface area contributed by atoms with Gasteiger partial charge in [0.25, 0.3) is 0 Å². The van der Waals surface area contributed by atoms with Crippen molar-refractivity contribution in [2.45, 2.75) is 13.0 Å². The average Bonchev–Trinajstić information content (AvgIpc) is 2.45. The van der Waals surface area contributed by atoms with Crippen LogP contribution >= 0.6 is 12.4 Å². The third-order valence-electron chi connectivity index (χ3n) is 3.44. The molecule has 7 heteroatoms. The number of benzene rings is 1. The van der Waals surface area contributed by atoms with Crippen molar-refractivity contribution in [3.63, 3.8) is 0 Å². The zero-order valence-corrected chi connectivity index (χ0v) is 13.6. The fraction of sp³-hybridized carbons (Fsp3) is 0.500. The van der Waals surface area contributed by atoms with Crippen molar-refractivity contribution in [3.8, 4) is 0 Å². The summed E-state index contributed by atoms with van der Waals surface area (Å²) in [6.45, 7) is 3.20. The minimum Gasteiger partial charge on any atom is -0.339 e. The van der Waals surface area contributed by atoms with Gasteiger partial charge < -0.3 is 10.2 Å². The van der Waals surface area contributed by atoms with Crippen molar-refractivity contribution >= 4 is 28.2 Å². The molecule has 0 aliphatic carbocycles. The van der Waals surface area contributed by atoms with Gasteiger partial charge in [-0.25, -0.2) is 8.42 Å². The van der Waals surface area contributed by atoms with Crippen molar-refractivity contribution in [3.05, 3.63) is 35.9 Å². The Balaban J connectivity index is 0.00000220. The molecule has 1 fully saturated rings. The number of sulfone groups is 1. The van der Waals surface area contributed by atoms with Gasteiger partial charge in [-0.15, -0.1) is 12.4 Å². The minimum absolute atomic E-state index is 0. The predicted molar refractivity (Wildman–Crippen MR) is 85.3 cm³/mol. The standard InChI is InChI=1S/C14H20N2O3S.ClH/c1-2-15-13(12-6-4-3-5-7-12)14(17)16-8-10-20(18,19)11-9-16;/h3-7,13,15H,2,8-11H2,1H3;1H. The molecule has 1 saturated heterocycles. The fourth-order valence-electron chi connectivity index (χ4n) is 2.31. The Morgan fingerprint density at radius 1 is 1.24 bits per heavy atom. The maximum absolute atomic E-state index is 12.6. The Bertz CT molecular complexity index is 549. The summed E-state index contributed by atoms with van der Waals surface area (Å²) in [7, 11) is -2.97. The predicted octanol–water partition coefficient (Wildman–Crippen LogP) is 1.02. The average molecular weight is 333 g/mol. The van der Waals surface area contributed by atoms with Crippen molar-refractivity contribution in [1.82, 2.24) is 10.2 Å². The molecule has 5 nitrogen and oxygen atoms in total. The van der Waals surface area contributed by atoms with Crippen molar-refractivity contribution in [2.75, 3.05) is 31.1 Å². The highest BCUT2D eigenvalue weighted by Gasteiger charge is 2.30. The van der Waals surface area contributed by atoms with Gasteiger partial charge in [0.05, 0.1) is 11.5 Å². The first-order chi connectivity index (χ1) is 9.53. The molecular formula is C14H21ClN2O3S. The van der Waals surface area contributed by atoms with Crippen LogP contribution in [0.5, 0.6) is 0 Å². The van der Waals surface area contributed by atoms with Crippen LogP contribution in [0.4, 0.5) is 0 Å². The lowest BCUT2D eigenvalue weighted by Crippen LogP contribution is -2.48. The lowest BCUT2D eigenvalue weighted by molar-refractivity contribution is -0.133. The zero-order chi connectivity index (χ0) is 14.6. The molecule has 21 heavy (non-hydrogen) atoms. The highest BCUT2D eigenvalue weighted by atomic mass is 35.5. The molecule has 1 atom stereocenters.